The zero-order valence-corrected chi connectivity index (χ0v) is 25.2. The minimum atomic E-state index is -4.69. The molecule has 2 aromatic carbocycles. The molecule has 0 aliphatic carbocycles. The molecule has 1 aliphatic rings. The molecule has 6 nitrogen and oxygen atoms in total. The normalized spacial score (nSPS) is 15.6. The van der Waals surface area contributed by atoms with Gasteiger partial charge >= 0.3 is 6.36 Å². The molecular weight excluding hydrogens is 531 g/mol. The summed E-state index contributed by atoms with van der Waals surface area (Å²) >= 11 is 0. The van der Waals surface area contributed by atoms with Crippen LogP contribution in [-0.4, -0.2) is 57.2 Å². The number of ether oxygens (including phenoxy) is 1. The number of hydrogen-bond donors (Lipinski definition) is 2. The van der Waals surface area contributed by atoms with E-state index in [-0.39, 0.29) is 11.2 Å². The molecule has 2 N–H and O–H groups in total. The van der Waals surface area contributed by atoms with Crippen LogP contribution in [0.2, 0.25) is 0 Å². The molecule has 1 amide bonds. The van der Waals surface area contributed by atoms with Gasteiger partial charge in [0.25, 0.3) is 0 Å². The molecule has 1 saturated heterocycles. The summed E-state index contributed by atoms with van der Waals surface area (Å²) in [6.45, 7) is 12.7. The third-order valence-electron chi connectivity index (χ3n) is 7.38. The van der Waals surface area contributed by atoms with Crippen LogP contribution >= 0.6 is 0 Å². The van der Waals surface area contributed by atoms with Gasteiger partial charge in [-0.05, 0) is 86.5 Å². The average molecular weight is 580 g/mol. The molecule has 0 saturated carbocycles. The van der Waals surface area contributed by atoms with Crippen molar-refractivity contribution in [3.63, 3.8) is 0 Å². The van der Waals surface area contributed by atoms with Crippen LogP contribution < -0.4 is 15.4 Å². The molecule has 0 spiro atoms. The first-order chi connectivity index (χ1) is 19.5. The monoisotopic (exact) mass is 579 g/mol. The molecule has 230 valence electrons. The largest absolute Gasteiger partial charge is 0.573 e. The summed E-state index contributed by atoms with van der Waals surface area (Å²) in [5, 5.41) is 6.55. The number of carbonyl (C=O) groups is 2. The van der Waals surface area contributed by atoms with E-state index < -0.39 is 6.36 Å². The Balaban J connectivity index is 0.000000413. The molecule has 1 heterocycles. The van der Waals surface area contributed by atoms with E-state index >= 15 is 0 Å². The minimum Gasteiger partial charge on any atom is -0.406 e. The Morgan fingerprint density at radius 3 is 2.12 bits per heavy atom. The Bertz CT molecular complexity index is 966. The third kappa shape index (κ3) is 15.6. The second-order valence-corrected chi connectivity index (χ2v) is 10.9. The van der Waals surface area contributed by atoms with Crippen LogP contribution in [0.25, 0.3) is 0 Å². The van der Waals surface area contributed by atoms with Gasteiger partial charge in [-0.25, -0.2) is 0 Å². The van der Waals surface area contributed by atoms with Gasteiger partial charge in [-0.15, -0.1) is 13.2 Å². The number of carbonyl (C=O) groups excluding carboxylic acids is 2. The average Bonchev–Trinajstić information content (AvgIpc) is 2.96. The first-order valence-electron chi connectivity index (χ1n) is 14.3. The van der Waals surface area contributed by atoms with Crippen molar-refractivity contribution in [2.45, 2.75) is 72.2 Å². The SMILES string of the molecule is CC1(CCN(C=O)Cc2ccc(OC(F)(F)F)cc2)CCNCC1.CCC=O.CNC[C@H](C)C(C)c1ccccc1. The van der Waals surface area contributed by atoms with E-state index in [2.05, 4.69) is 66.5 Å². The highest BCUT2D eigenvalue weighted by atomic mass is 19.4. The van der Waals surface area contributed by atoms with Gasteiger partial charge in [0.2, 0.25) is 6.41 Å². The number of amides is 1. The van der Waals surface area contributed by atoms with E-state index in [1.165, 1.54) is 17.7 Å². The molecule has 0 radical (unpaired) electrons. The molecule has 1 fully saturated rings. The van der Waals surface area contributed by atoms with Crippen LogP contribution in [0.5, 0.6) is 5.75 Å². The number of piperidine rings is 1. The Kier molecular flexibility index (Phi) is 17.0. The number of hydrogen-bond acceptors (Lipinski definition) is 5. The molecule has 3 rings (SSSR count). The molecule has 1 unspecified atom stereocenters. The van der Waals surface area contributed by atoms with Gasteiger partial charge in [0, 0.05) is 19.5 Å². The molecule has 2 aromatic rings. The summed E-state index contributed by atoms with van der Waals surface area (Å²) in [4.78, 5) is 22.1. The number of nitrogens with zero attached hydrogens (tertiary/aromatic N) is 1. The van der Waals surface area contributed by atoms with Gasteiger partial charge < -0.3 is 25.1 Å². The summed E-state index contributed by atoms with van der Waals surface area (Å²) in [5.74, 6) is 1.06. The Labute approximate surface area is 244 Å². The van der Waals surface area contributed by atoms with Crippen molar-refractivity contribution in [2.24, 2.45) is 11.3 Å². The van der Waals surface area contributed by atoms with Gasteiger partial charge in [-0.3, -0.25) is 4.79 Å². The van der Waals surface area contributed by atoms with E-state index in [1.807, 2.05) is 14.0 Å². The molecule has 0 aromatic heterocycles. The second kappa shape index (κ2) is 19.3. The maximum absolute atomic E-state index is 12.1. The van der Waals surface area contributed by atoms with Crippen LogP contribution in [0.4, 0.5) is 13.2 Å². The van der Waals surface area contributed by atoms with E-state index in [9.17, 15) is 22.8 Å². The van der Waals surface area contributed by atoms with Crippen molar-refractivity contribution in [1.82, 2.24) is 15.5 Å². The first kappa shape index (κ1) is 36.1. The van der Waals surface area contributed by atoms with Crippen molar-refractivity contribution in [3.8, 4) is 5.75 Å². The fraction of sp³-hybridized carbons (Fsp3) is 0.562. The first-order valence-corrected chi connectivity index (χ1v) is 14.3. The van der Waals surface area contributed by atoms with Crippen molar-refractivity contribution in [3.05, 3.63) is 65.7 Å². The Hall–Kier alpha value is -2.91. The summed E-state index contributed by atoms with van der Waals surface area (Å²) in [6, 6.07) is 16.3. The number of alkyl halides is 3. The number of nitrogens with one attached hydrogen (secondary N) is 2. The lowest BCUT2D eigenvalue weighted by atomic mass is 9.78. The van der Waals surface area contributed by atoms with E-state index in [4.69, 9.17) is 0 Å². The van der Waals surface area contributed by atoms with Gasteiger partial charge in [-0.1, -0.05) is 70.2 Å². The Morgan fingerprint density at radius 1 is 1.05 bits per heavy atom. The van der Waals surface area contributed by atoms with E-state index in [0.717, 1.165) is 57.2 Å². The van der Waals surface area contributed by atoms with Crippen LogP contribution in [0.15, 0.2) is 54.6 Å². The maximum Gasteiger partial charge on any atom is 0.573 e. The zero-order chi connectivity index (χ0) is 30.7. The van der Waals surface area contributed by atoms with Crippen molar-refractivity contribution < 1.29 is 27.5 Å². The van der Waals surface area contributed by atoms with Crippen LogP contribution in [0.1, 0.15) is 70.4 Å². The van der Waals surface area contributed by atoms with Crippen LogP contribution in [0, 0.1) is 11.3 Å². The lowest BCUT2D eigenvalue weighted by molar-refractivity contribution is -0.274. The fourth-order valence-corrected chi connectivity index (χ4v) is 4.48. The predicted octanol–water partition coefficient (Wildman–Crippen LogP) is 6.56. The number of halogens is 3. The van der Waals surface area contributed by atoms with Gasteiger partial charge in [0.05, 0.1) is 0 Å². The third-order valence-corrected chi connectivity index (χ3v) is 7.38. The molecule has 1 aliphatic heterocycles. The van der Waals surface area contributed by atoms with E-state index in [1.54, 1.807) is 17.0 Å². The minimum absolute atomic E-state index is 0.233. The van der Waals surface area contributed by atoms with Crippen molar-refractivity contribution >= 4 is 12.7 Å². The number of rotatable bonds is 12. The number of aldehydes is 1. The highest BCUT2D eigenvalue weighted by molar-refractivity contribution is 5.48. The molecule has 0 bridgehead atoms. The highest BCUT2D eigenvalue weighted by Gasteiger charge is 2.31. The Morgan fingerprint density at radius 2 is 1.63 bits per heavy atom. The smallest absolute Gasteiger partial charge is 0.406 e. The van der Waals surface area contributed by atoms with Gasteiger partial charge in [-0.2, -0.15) is 0 Å². The number of benzene rings is 2. The lowest BCUT2D eigenvalue weighted by Gasteiger charge is -2.35. The maximum atomic E-state index is 12.1. The van der Waals surface area contributed by atoms with Crippen LogP contribution in [-0.2, 0) is 16.1 Å². The quantitative estimate of drug-likeness (QED) is 0.279. The second-order valence-electron chi connectivity index (χ2n) is 10.9. The summed E-state index contributed by atoms with van der Waals surface area (Å²) in [7, 11) is 2.01. The van der Waals surface area contributed by atoms with Gasteiger partial charge in [0.1, 0.15) is 12.0 Å². The summed E-state index contributed by atoms with van der Waals surface area (Å²) < 4.78 is 40.3. The molecule has 9 heteroatoms. The zero-order valence-electron chi connectivity index (χ0n) is 25.2. The standard InChI is InChI=1S/C17H23F3N2O2.C12H19N.C3H6O/c1-16(6-9-21-10-7-16)8-11-22(13-23)12-14-2-4-15(5-3-14)24-17(18,19)20;1-10(9-13-3)11(2)12-7-5-4-6-8-12;1-2-3-4/h2-5,13,21H,6-12H2,1H3;4-8,10-11,13H,9H2,1-3H3;3H,2H2,1H3/t;10-,11?;/m.0./s1. The topological polar surface area (TPSA) is 70.7 Å². The van der Waals surface area contributed by atoms with E-state index in [0.29, 0.717) is 31.3 Å². The lowest BCUT2D eigenvalue weighted by Crippen LogP contribution is -2.37. The van der Waals surface area contributed by atoms with Crippen molar-refractivity contribution in [1.29, 1.82) is 0 Å². The summed E-state index contributed by atoms with van der Waals surface area (Å²) in [6.07, 6.45) is 0.709. The summed E-state index contributed by atoms with van der Waals surface area (Å²) in [5.41, 5.74) is 2.44. The predicted molar refractivity (Wildman–Crippen MR) is 159 cm³/mol. The molecule has 41 heavy (non-hydrogen) atoms. The molecular formula is C32H48F3N3O3. The van der Waals surface area contributed by atoms with Gasteiger partial charge in [0.15, 0.2) is 0 Å². The van der Waals surface area contributed by atoms with Crippen molar-refractivity contribution in [2.75, 3.05) is 33.2 Å². The fourth-order valence-electron chi connectivity index (χ4n) is 4.48. The molecule has 2 atom stereocenters. The van der Waals surface area contributed by atoms with Crippen LogP contribution in [0.3, 0.4) is 0 Å². The highest BCUT2D eigenvalue weighted by Crippen LogP contribution is 2.32.